The Morgan fingerprint density at radius 3 is 2.27 bits per heavy atom. The number of anilines is 1. The first-order valence-electron chi connectivity index (χ1n) is 8.41. The van der Waals surface area contributed by atoms with E-state index in [4.69, 9.17) is 11.6 Å². The van der Waals surface area contributed by atoms with Crippen LogP contribution in [0.1, 0.15) is 16.7 Å². The average Bonchev–Trinajstić information content (AvgIpc) is 2.56. The van der Waals surface area contributed by atoms with Crippen LogP contribution in [0.4, 0.5) is 5.69 Å². The summed E-state index contributed by atoms with van der Waals surface area (Å²) in [5.41, 5.74) is 3.79. The maximum Gasteiger partial charge on any atom is 0.238 e. The first-order chi connectivity index (χ1) is 12.3. The lowest BCUT2D eigenvalue weighted by Gasteiger charge is -2.17. The second kappa shape index (κ2) is 9.36. The van der Waals surface area contributed by atoms with Crippen LogP contribution < -0.4 is 10.6 Å². The fourth-order valence-corrected chi connectivity index (χ4v) is 2.85. The minimum atomic E-state index is -0.146. The predicted octanol–water partition coefficient (Wildman–Crippen LogP) is 3.14. The van der Waals surface area contributed by atoms with Crippen LogP contribution in [0.25, 0.3) is 0 Å². The summed E-state index contributed by atoms with van der Waals surface area (Å²) in [7, 11) is 1.74. The molecule has 2 rings (SSSR count). The molecule has 2 amide bonds. The van der Waals surface area contributed by atoms with Crippen molar-refractivity contribution in [3.8, 4) is 0 Å². The van der Waals surface area contributed by atoms with E-state index in [-0.39, 0.29) is 24.9 Å². The second-order valence-electron chi connectivity index (χ2n) is 6.39. The largest absolute Gasteiger partial charge is 0.351 e. The Balaban J connectivity index is 1.79. The van der Waals surface area contributed by atoms with Gasteiger partial charge in [-0.3, -0.25) is 14.5 Å². The SMILES string of the molecule is Cc1cccc(C)c1NC(=O)CN(C)CC(=O)NCc1cccc(Cl)c1. The maximum absolute atomic E-state index is 12.2. The van der Waals surface area contributed by atoms with Gasteiger partial charge in [0.05, 0.1) is 13.1 Å². The van der Waals surface area contributed by atoms with Crippen molar-refractivity contribution in [1.82, 2.24) is 10.2 Å². The van der Waals surface area contributed by atoms with Gasteiger partial charge in [0.1, 0.15) is 0 Å². The van der Waals surface area contributed by atoms with Crippen LogP contribution in [-0.4, -0.2) is 36.9 Å². The van der Waals surface area contributed by atoms with Crippen LogP contribution in [0.2, 0.25) is 5.02 Å². The fourth-order valence-electron chi connectivity index (χ4n) is 2.64. The summed E-state index contributed by atoms with van der Waals surface area (Å²) >= 11 is 5.93. The third-order valence-corrected chi connectivity index (χ3v) is 4.19. The van der Waals surface area contributed by atoms with Gasteiger partial charge < -0.3 is 10.6 Å². The summed E-state index contributed by atoms with van der Waals surface area (Å²) in [4.78, 5) is 25.9. The van der Waals surface area contributed by atoms with E-state index in [1.54, 1.807) is 18.0 Å². The molecular formula is C20H24ClN3O2. The number of nitrogens with zero attached hydrogens (tertiary/aromatic N) is 1. The van der Waals surface area contributed by atoms with Crippen LogP contribution in [-0.2, 0) is 16.1 Å². The molecule has 0 radical (unpaired) electrons. The van der Waals surface area contributed by atoms with Crippen molar-refractivity contribution in [3.05, 3.63) is 64.2 Å². The molecule has 0 atom stereocenters. The molecule has 0 bridgehead atoms. The lowest BCUT2D eigenvalue weighted by molar-refractivity contribution is -0.123. The third-order valence-electron chi connectivity index (χ3n) is 3.95. The summed E-state index contributed by atoms with van der Waals surface area (Å²) in [6.45, 7) is 4.59. The molecule has 0 saturated heterocycles. The molecule has 2 aromatic rings. The number of aryl methyl sites for hydroxylation is 2. The number of benzene rings is 2. The van der Waals surface area contributed by atoms with E-state index in [1.807, 2.05) is 50.2 Å². The number of hydrogen-bond donors (Lipinski definition) is 2. The molecule has 0 heterocycles. The van der Waals surface area contributed by atoms with Crippen LogP contribution in [0.5, 0.6) is 0 Å². The number of para-hydroxylation sites is 1. The number of carbonyl (C=O) groups is 2. The van der Waals surface area contributed by atoms with E-state index in [9.17, 15) is 9.59 Å². The summed E-state index contributed by atoms with van der Waals surface area (Å²) in [6, 6.07) is 13.2. The van der Waals surface area contributed by atoms with Gasteiger partial charge >= 0.3 is 0 Å². The van der Waals surface area contributed by atoms with Gasteiger partial charge in [-0.15, -0.1) is 0 Å². The highest BCUT2D eigenvalue weighted by Crippen LogP contribution is 2.19. The minimum Gasteiger partial charge on any atom is -0.351 e. The van der Waals surface area contributed by atoms with E-state index in [1.165, 1.54) is 0 Å². The zero-order chi connectivity index (χ0) is 19.1. The Kier molecular flexibility index (Phi) is 7.18. The quantitative estimate of drug-likeness (QED) is 0.783. The van der Waals surface area contributed by atoms with Crippen molar-refractivity contribution in [2.45, 2.75) is 20.4 Å². The standard InChI is InChI=1S/C20H24ClN3O2/c1-14-6-4-7-15(2)20(14)23-19(26)13-24(3)12-18(25)22-11-16-8-5-9-17(21)10-16/h4-10H,11-13H2,1-3H3,(H,22,25)(H,23,26). The number of rotatable bonds is 7. The van der Waals surface area contributed by atoms with Gasteiger partial charge in [0.25, 0.3) is 0 Å². The van der Waals surface area contributed by atoms with Gasteiger partial charge in [-0.2, -0.15) is 0 Å². The van der Waals surface area contributed by atoms with Gasteiger partial charge in [0.15, 0.2) is 0 Å². The number of amides is 2. The highest BCUT2D eigenvalue weighted by molar-refractivity contribution is 6.30. The Hall–Kier alpha value is -2.37. The maximum atomic E-state index is 12.2. The smallest absolute Gasteiger partial charge is 0.238 e. The Morgan fingerprint density at radius 2 is 1.62 bits per heavy atom. The van der Waals surface area contributed by atoms with Crippen molar-refractivity contribution in [2.24, 2.45) is 0 Å². The topological polar surface area (TPSA) is 61.4 Å². The molecule has 0 saturated carbocycles. The molecule has 138 valence electrons. The number of carbonyl (C=O) groups excluding carboxylic acids is 2. The van der Waals surface area contributed by atoms with Crippen LogP contribution in [0, 0.1) is 13.8 Å². The summed E-state index contributed by atoms with van der Waals surface area (Å²) < 4.78 is 0. The summed E-state index contributed by atoms with van der Waals surface area (Å²) in [5, 5.41) is 6.38. The molecule has 0 aliphatic carbocycles. The number of likely N-dealkylation sites (N-methyl/N-ethyl adjacent to an activating group) is 1. The van der Waals surface area contributed by atoms with Crippen LogP contribution in [0.15, 0.2) is 42.5 Å². The molecule has 0 unspecified atom stereocenters. The van der Waals surface area contributed by atoms with Gasteiger partial charge in [-0.1, -0.05) is 41.9 Å². The monoisotopic (exact) mass is 373 g/mol. The van der Waals surface area contributed by atoms with E-state index < -0.39 is 0 Å². The molecule has 0 spiro atoms. The first-order valence-corrected chi connectivity index (χ1v) is 8.78. The lowest BCUT2D eigenvalue weighted by atomic mass is 10.1. The summed E-state index contributed by atoms with van der Waals surface area (Å²) in [5.74, 6) is -0.292. The molecule has 5 nitrogen and oxygen atoms in total. The van der Waals surface area contributed by atoms with Crippen molar-refractivity contribution in [2.75, 3.05) is 25.5 Å². The second-order valence-corrected chi connectivity index (χ2v) is 6.83. The fraction of sp³-hybridized carbons (Fsp3) is 0.300. The number of nitrogens with one attached hydrogen (secondary N) is 2. The molecule has 0 aliphatic heterocycles. The molecule has 2 aromatic carbocycles. The minimum absolute atomic E-state index is 0.137. The zero-order valence-corrected chi connectivity index (χ0v) is 16.1. The van der Waals surface area contributed by atoms with Crippen LogP contribution in [0.3, 0.4) is 0 Å². The molecule has 26 heavy (non-hydrogen) atoms. The average molecular weight is 374 g/mol. The van der Waals surface area contributed by atoms with Crippen molar-refractivity contribution in [1.29, 1.82) is 0 Å². The first kappa shape index (κ1) is 19.9. The predicted molar refractivity (Wildman–Crippen MR) is 105 cm³/mol. The van der Waals surface area contributed by atoms with E-state index in [0.29, 0.717) is 11.6 Å². The van der Waals surface area contributed by atoms with E-state index in [0.717, 1.165) is 22.4 Å². The van der Waals surface area contributed by atoms with Crippen molar-refractivity contribution in [3.63, 3.8) is 0 Å². The van der Waals surface area contributed by atoms with Gasteiger partial charge in [-0.05, 0) is 49.7 Å². The zero-order valence-electron chi connectivity index (χ0n) is 15.3. The van der Waals surface area contributed by atoms with Crippen molar-refractivity contribution < 1.29 is 9.59 Å². The van der Waals surface area contributed by atoms with E-state index in [2.05, 4.69) is 10.6 Å². The number of hydrogen-bond acceptors (Lipinski definition) is 3. The Labute approximate surface area is 159 Å². The molecule has 2 N–H and O–H groups in total. The summed E-state index contributed by atoms with van der Waals surface area (Å²) in [6.07, 6.45) is 0. The molecule has 0 aliphatic rings. The van der Waals surface area contributed by atoms with Crippen molar-refractivity contribution >= 4 is 29.1 Å². The Bertz CT molecular complexity index is 772. The normalized spacial score (nSPS) is 10.7. The van der Waals surface area contributed by atoms with E-state index >= 15 is 0 Å². The van der Waals surface area contributed by atoms with Crippen LogP contribution >= 0.6 is 11.6 Å². The third kappa shape index (κ3) is 6.17. The number of halogens is 1. The highest BCUT2D eigenvalue weighted by atomic mass is 35.5. The van der Waals surface area contributed by atoms with Gasteiger partial charge in [0, 0.05) is 17.3 Å². The highest BCUT2D eigenvalue weighted by Gasteiger charge is 2.12. The lowest BCUT2D eigenvalue weighted by Crippen LogP contribution is -2.38. The molecule has 0 aromatic heterocycles. The van der Waals surface area contributed by atoms with Gasteiger partial charge in [-0.25, -0.2) is 0 Å². The molecule has 6 heteroatoms. The molecule has 0 fully saturated rings. The van der Waals surface area contributed by atoms with Gasteiger partial charge in [0.2, 0.25) is 11.8 Å². The Morgan fingerprint density at radius 1 is 1.00 bits per heavy atom. The molecular weight excluding hydrogens is 350 g/mol.